The molecule has 0 rings (SSSR count). The first-order valence-corrected chi connectivity index (χ1v) is 3.92. The Morgan fingerprint density at radius 2 is 2.18 bits per heavy atom. The first-order chi connectivity index (χ1) is 5.13. The monoisotopic (exact) mass is 156 g/mol. The number of hydrogen-bond donors (Lipinski definition) is 0. The molecule has 0 aliphatic heterocycles. The lowest BCUT2D eigenvalue weighted by atomic mass is 9.96. The Balaban J connectivity index is 4.03. The van der Waals surface area contributed by atoms with Crippen molar-refractivity contribution in [2.45, 2.75) is 20.8 Å². The second-order valence-electron chi connectivity index (χ2n) is 2.76. The van der Waals surface area contributed by atoms with Gasteiger partial charge in [0.2, 0.25) is 0 Å². The maximum atomic E-state index is 11.1. The van der Waals surface area contributed by atoms with Gasteiger partial charge in [-0.3, -0.25) is 4.79 Å². The fourth-order valence-electron chi connectivity index (χ4n) is 0.879. The highest BCUT2D eigenvalue weighted by molar-refractivity contribution is 5.74. The van der Waals surface area contributed by atoms with Gasteiger partial charge in [-0.1, -0.05) is 19.9 Å². The number of rotatable bonds is 4. The van der Waals surface area contributed by atoms with Gasteiger partial charge in [0, 0.05) is 0 Å². The Hall–Kier alpha value is -0.790. The number of carbonyl (C=O) groups is 1. The minimum Gasteiger partial charge on any atom is -0.466 e. The number of esters is 1. The normalized spacial score (nSPS) is 12.7. The molecular formula is C9H16O2. The minimum absolute atomic E-state index is 0.157. The van der Waals surface area contributed by atoms with Crippen LogP contribution in [0, 0.1) is 11.8 Å². The lowest BCUT2D eigenvalue weighted by molar-refractivity contribution is -0.147. The van der Waals surface area contributed by atoms with E-state index in [2.05, 4.69) is 6.58 Å². The maximum Gasteiger partial charge on any atom is 0.313 e. The van der Waals surface area contributed by atoms with Crippen molar-refractivity contribution in [3.63, 3.8) is 0 Å². The molecule has 0 saturated heterocycles. The van der Waals surface area contributed by atoms with E-state index in [1.54, 1.807) is 13.0 Å². The van der Waals surface area contributed by atoms with Crippen LogP contribution in [-0.4, -0.2) is 12.6 Å². The van der Waals surface area contributed by atoms with E-state index in [4.69, 9.17) is 4.74 Å². The maximum absolute atomic E-state index is 11.1. The van der Waals surface area contributed by atoms with Crippen molar-refractivity contribution < 1.29 is 9.53 Å². The standard InChI is InChI=1S/C9H16O2/c1-5-8(7(3)4)9(10)11-6-2/h5,7-8H,1,6H2,2-4H3. The minimum atomic E-state index is -0.169. The third-order valence-electron chi connectivity index (χ3n) is 1.53. The van der Waals surface area contributed by atoms with E-state index >= 15 is 0 Å². The van der Waals surface area contributed by atoms with Gasteiger partial charge in [0.1, 0.15) is 0 Å². The molecule has 0 amide bonds. The van der Waals surface area contributed by atoms with Gasteiger partial charge in [-0.15, -0.1) is 6.58 Å². The summed E-state index contributed by atoms with van der Waals surface area (Å²) in [6.07, 6.45) is 1.64. The second kappa shape index (κ2) is 4.94. The Labute approximate surface area is 68.2 Å². The Bertz CT molecular complexity index is 138. The zero-order chi connectivity index (χ0) is 8.85. The third-order valence-corrected chi connectivity index (χ3v) is 1.53. The quantitative estimate of drug-likeness (QED) is 0.459. The third kappa shape index (κ3) is 3.21. The van der Waals surface area contributed by atoms with Crippen molar-refractivity contribution >= 4 is 5.97 Å². The Morgan fingerprint density at radius 3 is 2.45 bits per heavy atom. The fraction of sp³-hybridized carbons (Fsp3) is 0.667. The second-order valence-corrected chi connectivity index (χ2v) is 2.76. The van der Waals surface area contributed by atoms with Gasteiger partial charge in [-0.25, -0.2) is 0 Å². The van der Waals surface area contributed by atoms with Crippen LogP contribution < -0.4 is 0 Å². The number of carbonyl (C=O) groups excluding carboxylic acids is 1. The van der Waals surface area contributed by atoms with Gasteiger partial charge in [0.15, 0.2) is 0 Å². The zero-order valence-corrected chi connectivity index (χ0v) is 7.46. The van der Waals surface area contributed by atoms with Gasteiger partial charge in [0.25, 0.3) is 0 Å². The number of hydrogen-bond acceptors (Lipinski definition) is 2. The predicted octanol–water partition coefficient (Wildman–Crippen LogP) is 2.01. The molecule has 0 aliphatic rings. The molecule has 2 heteroatoms. The van der Waals surface area contributed by atoms with Crippen LogP contribution in [0.25, 0.3) is 0 Å². The van der Waals surface area contributed by atoms with Crippen LogP contribution in [-0.2, 0) is 9.53 Å². The molecule has 0 fully saturated rings. The van der Waals surface area contributed by atoms with Crippen molar-refractivity contribution in [1.29, 1.82) is 0 Å². The first-order valence-electron chi connectivity index (χ1n) is 3.92. The fourth-order valence-corrected chi connectivity index (χ4v) is 0.879. The van der Waals surface area contributed by atoms with Crippen molar-refractivity contribution in [1.82, 2.24) is 0 Å². The molecule has 1 atom stereocenters. The highest BCUT2D eigenvalue weighted by atomic mass is 16.5. The lowest BCUT2D eigenvalue weighted by Gasteiger charge is -2.13. The van der Waals surface area contributed by atoms with Gasteiger partial charge < -0.3 is 4.74 Å². The van der Waals surface area contributed by atoms with Gasteiger partial charge >= 0.3 is 5.97 Å². The smallest absolute Gasteiger partial charge is 0.313 e. The van der Waals surface area contributed by atoms with Crippen molar-refractivity contribution in [2.75, 3.05) is 6.61 Å². The van der Waals surface area contributed by atoms with Crippen LogP contribution in [0.15, 0.2) is 12.7 Å². The lowest BCUT2D eigenvalue weighted by Crippen LogP contribution is -2.20. The van der Waals surface area contributed by atoms with E-state index in [0.29, 0.717) is 6.61 Å². The molecule has 0 aromatic carbocycles. The molecular weight excluding hydrogens is 140 g/mol. The highest BCUT2D eigenvalue weighted by Gasteiger charge is 2.18. The molecule has 0 heterocycles. The first kappa shape index (κ1) is 10.2. The molecule has 0 bridgehead atoms. The van der Waals surface area contributed by atoms with Crippen molar-refractivity contribution in [3.8, 4) is 0 Å². The summed E-state index contributed by atoms with van der Waals surface area (Å²) in [6.45, 7) is 9.78. The summed E-state index contributed by atoms with van der Waals surface area (Å²) in [7, 11) is 0. The molecule has 0 saturated carbocycles. The topological polar surface area (TPSA) is 26.3 Å². The van der Waals surface area contributed by atoms with Crippen LogP contribution in [0.1, 0.15) is 20.8 Å². The Kier molecular flexibility index (Phi) is 4.59. The van der Waals surface area contributed by atoms with Crippen molar-refractivity contribution in [3.05, 3.63) is 12.7 Å². The molecule has 1 unspecified atom stereocenters. The van der Waals surface area contributed by atoms with E-state index in [0.717, 1.165) is 0 Å². The zero-order valence-electron chi connectivity index (χ0n) is 7.46. The van der Waals surface area contributed by atoms with Crippen LogP contribution in [0.5, 0.6) is 0 Å². The SMILES string of the molecule is C=CC(C(=O)OCC)C(C)C. The summed E-state index contributed by atoms with van der Waals surface area (Å²) in [4.78, 5) is 11.1. The molecule has 0 spiro atoms. The summed E-state index contributed by atoms with van der Waals surface area (Å²) in [6, 6.07) is 0. The summed E-state index contributed by atoms with van der Waals surface area (Å²) >= 11 is 0. The van der Waals surface area contributed by atoms with E-state index in [1.807, 2.05) is 13.8 Å². The largest absolute Gasteiger partial charge is 0.466 e. The van der Waals surface area contributed by atoms with E-state index in [-0.39, 0.29) is 17.8 Å². The summed E-state index contributed by atoms with van der Waals surface area (Å²) < 4.78 is 4.85. The summed E-state index contributed by atoms with van der Waals surface area (Å²) in [5.74, 6) is -0.0565. The van der Waals surface area contributed by atoms with Gasteiger partial charge in [-0.05, 0) is 12.8 Å². The van der Waals surface area contributed by atoms with Crippen LogP contribution in [0.3, 0.4) is 0 Å². The van der Waals surface area contributed by atoms with Crippen LogP contribution >= 0.6 is 0 Å². The molecule has 0 radical (unpaired) electrons. The number of ether oxygens (including phenoxy) is 1. The van der Waals surface area contributed by atoms with Gasteiger partial charge in [-0.2, -0.15) is 0 Å². The average molecular weight is 156 g/mol. The van der Waals surface area contributed by atoms with E-state index < -0.39 is 0 Å². The molecule has 0 aromatic heterocycles. The molecule has 11 heavy (non-hydrogen) atoms. The molecule has 0 aliphatic carbocycles. The summed E-state index contributed by atoms with van der Waals surface area (Å²) in [5, 5.41) is 0. The predicted molar refractivity (Wildman–Crippen MR) is 45.2 cm³/mol. The van der Waals surface area contributed by atoms with E-state index in [1.165, 1.54) is 0 Å². The molecule has 0 N–H and O–H groups in total. The van der Waals surface area contributed by atoms with Crippen LogP contribution in [0.2, 0.25) is 0 Å². The molecule has 64 valence electrons. The molecule has 2 nitrogen and oxygen atoms in total. The van der Waals surface area contributed by atoms with Gasteiger partial charge in [0.05, 0.1) is 12.5 Å². The average Bonchev–Trinajstić information content (AvgIpc) is 1.88. The summed E-state index contributed by atoms with van der Waals surface area (Å²) in [5.41, 5.74) is 0. The highest BCUT2D eigenvalue weighted by Crippen LogP contribution is 2.13. The van der Waals surface area contributed by atoms with Crippen molar-refractivity contribution in [2.24, 2.45) is 11.8 Å². The molecule has 0 aromatic rings. The van der Waals surface area contributed by atoms with Crippen LogP contribution in [0.4, 0.5) is 0 Å². The van der Waals surface area contributed by atoms with E-state index in [9.17, 15) is 4.79 Å². The Morgan fingerprint density at radius 1 is 1.64 bits per heavy atom.